The Hall–Kier alpha value is -1.03. The topological polar surface area (TPSA) is 29.4 Å². The van der Waals surface area contributed by atoms with E-state index in [0.29, 0.717) is 5.56 Å². The summed E-state index contributed by atoms with van der Waals surface area (Å²) in [6.45, 7) is 7.35. The molecule has 0 amide bonds. The van der Waals surface area contributed by atoms with Gasteiger partial charge in [0.25, 0.3) is 0 Å². The summed E-state index contributed by atoms with van der Waals surface area (Å²) in [7, 11) is -1.35. The molecule has 88 valence electrons. The molecule has 1 aromatic carbocycles. The fourth-order valence-corrected chi connectivity index (χ4v) is 1.55. The van der Waals surface area contributed by atoms with E-state index in [4.69, 9.17) is 0 Å². The third-order valence-electron chi connectivity index (χ3n) is 1.96. The third-order valence-corrected chi connectivity index (χ3v) is 3.31. The van der Waals surface area contributed by atoms with Crippen LogP contribution in [0.4, 0.5) is 4.39 Å². The number of nitrogens with zero attached hydrogens (tertiary/aromatic N) is 1. The Morgan fingerprint density at radius 1 is 1.38 bits per heavy atom. The standard InChI is InChI=1S/C12H16FNOS/c1-9-5-6-11(13)10(7-9)8-14-16(15)12(2,3)4/h5-8H,1-4H3/t16-/m0/s1. The average molecular weight is 241 g/mol. The van der Waals surface area contributed by atoms with Gasteiger partial charge in [-0.15, -0.1) is 0 Å². The van der Waals surface area contributed by atoms with E-state index in [2.05, 4.69) is 4.40 Å². The number of rotatable bonds is 2. The van der Waals surface area contributed by atoms with Crippen molar-refractivity contribution in [1.82, 2.24) is 0 Å². The zero-order chi connectivity index (χ0) is 12.3. The molecule has 0 radical (unpaired) electrons. The fourth-order valence-electron chi connectivity index (χ4n) is 1.02. The SMILES string of the molecule is Cc1ccc(F)c(C=N[S@@](=O)C(C)(C)C)c1. The van der Waals surface area contributed by atoms with Crippen molar-refractivity contribution in [3.63, 3.8) is 0 Å². The van der Waals surface area contributed by atoms with Gasteiger partial charge >= 0.3 is 0 Å². The van der Waals surface area contributed by atoms with Gasteiger partial charge in [-0.25, -0.2) is 8.60 Å². The van der Waals surface area contributed by atoms with Crippen LogP contribution in [0.5, 0.6) is 0 Å². The summed E-state index contributed by atoms with van der Waals surface area (Å²) in [5, 5.41) is 0. The molecule has 0 aliphatic rings. The Morgan fingerprint density at radius 2 is 2.00 bits per heavy atom. The molecule has 0 heterocycles. The van der Waals surface area contributed by atoms with Crippen LogP contribution in [0.1, 0.15) is 31.9 Å². The van der Waals surface area contributed by atoms with E-state index in [1.165, 1.54) is 12.3 Å². The second kappa shape index (κ2) is 4.87. The molecule has 16 heavy (non-hydrogen) atoms. The summed E-state index contributed by atoms with van der Waals surface area (Å²) < 4.78 is 28.4. The van der Waals surface area contributed by atoms with Crippen LogP contribution in [-0.4, -0.2) is 15.2 Å². The van der Waals surface area contributed by atoms with E-state index in [1.807, 2.05) is 27.7 Å². The highest BCUT2D eigenvalue weighted by Gasteiger charge is 2.18. The van der Waals surface area contributed by atoms with Crippen LogP contribution in [-0.2, 0) is 11.0 Å². The first-order valence-electron chi connectivity index (χ1n) is 5.03. The summed E-state index contributed by atoms with van der Waals surface area (Å²) in [5.41, 5.74) is 1.32. The Kier molecular flexibility index (Phi) is 3.97. The molecule has 0 saturated carbocycles. The van der Waals surface area contributed by atoms with Gasteiger partial charge in [0, 0.05) is 11.8 Å². The lowest BCUT2D eigenvalue weighted by Crippen LogP contribution is -2.19. The lowest BCUT2D eigenvalue weighted by Gasteiger charge is -2.12. The summed E-state index contributed by atoms with van der Waals surface area (Å²) in [6, 6.07) is 4.75. The van der Waals surface area contributed by atoms with Gasteiger partial charge in [0.2, 0.25) is 0 Å². The minimum Gasteiger partial charge on any atom is -0.234 e. The maximum absolute atomic E-state index is 13.3. The van der Waals surface area contributed by atoms with Crippen molar-refractivity contribution in [2.75, 3.05) is 0 Å². The van der Waals surface area contributed by atoms with Gasteiger partial charge in [0.15, 0.2) is 0 Å². The Bertz CT molecular complexity index is 435. The molecule has 0 spiro atoms. The van der Waals surface area contributed by atoms with Gasteiger partial charge in [0.05, 0.1) is 4.75 Å². The predicted octanol–water partition coefficient (Wildman–Crippen LogP) is 3.02. The highest BCUT2D eigenvalue weighted by atomic mass is 32.2. The molecule has 0 N–H and O–H groups in total. The molecule has 1 rings (SSSR count). The van der Waals surface area contributed by atoms with E-state index in [-0.39, 0.29) is 5.82 Å². The molecule has 2 nitrogen and oxygen atoms in total. The molecular weight excluding hydrogens is 225 g/mol. The van der Waals surface area contributed by atoms with Crippen molar-refractivity contribution in [3.05, 3.63) is 35.1 Å². The van der Waals surface area contributed by atoms with Gasteiger partial charge in [-0.1, -0.05) is 11.6 Å². The van der Waals surface area contributed by atoms with E-state index >= 15 is 0 Å². The molecule has 0 aromatic heterocycles. The first kappa shape index (κ1) is 13.0. The van der Waals surface area contributed by atoms with Crippen molar-refractivity contribution < 1.29 is 8.60 Å². The largest absolute Gasteiger partial charge is 0.234 e. The van der Waals surface area contributed by atoms with Gasteiger partial charge in [0.1, 0.15) is 16.8 Å². The number of hydrogen-bond donors (Lipinski definition) is 0. The molecule has 1 aromatic rings. The molecule has 1 atom stereocenters. The molecule has 0 aliphatic carbocycles. The molecule has 0 fully saturated rings. The van der Waals surface area contributed by atoms with Crippen molar-refractivity contribution in [3.8, 4) is 0 Å². The molecule has 0 unspecified atom stereocenters. The van der Waals surface area contributed by atoms with Crippen molar-refractivity contribution in [1.29, 1.82) is 0 Å². The van der Waals surface area contributed by atoms with Crippen LogP contribution < -0.4 is 0 Å². The number of benzene rings is 1. The summed E-state index contributed by atoms with van der Waals surface area (Å²) >= 11 is 0. The molecule has 0 aliphatic heterocycles. The molecule has 0 bridgehead atoms. The highest BCUT2D eigenvalue weighted by molar-refractivity contribution is 7.85. The first-order chi connectivity index (χ1) is 7.30. The summed E-state index contributed by atoms with van der Waals surface area (Å²) in [6.07, 6.45) is 1.34. The quantitative estimate of drug-likeness (QED) is 0.732. The zero-order valence-corrected chi connectivity index (χ0v) is 10.8. The third kappa shape index (κ3) is 3.52. The highest BCUT2D eigenvalue weighted by Crippen LogP contribution is 2.13. The minimum atomic E-state index is -1.35. The van der Waals surface area contributed by atoms with Crippen LogP contribution in [0.25, 0.3) is 0 Å². The van der Waals surface area contributed by atoms with Gasteiger partial charge in [-0.05, 0) is 39.8 Å². The Balaban J connectivity index is 2.93. The van der Waals surface area contributed by atoms with E-state index in [0.717, 1.165) is 5.56 Å². The van der Waals surface area contributed by atoms with Crippen LogP contribution in [0.2, 0.25) is 0 Å². The van der Waals surface area contributed by atoms with Crippen molar-refractivity contribution in [2.24, 2.45) is 4.40 Å². The van der Waals surface area contributed by atoms with Crippen molar-refractivity contribution in [2.45, 2.75) is 32.4 Å². The Labute approximate surface area is 98.2 Å². The maximum Gasteiger partial charge on any atom is 0.144 e. The van der Waals surface area contributed by atoms with E-state index in [1.54, 1.807) is 12.1 Å². The average Bonchev–Trinajstić information content (AvgIpc) is 2.17. The van der Waals surface area contributed by atoms with Gasteiger partial charge < -0.3 is 0 Å². The summed E-state index contributed by atoms with van der Waals surface area (Å²) in [5.74, 6) is -0.347. The number of halogens is 1. The lowest BCUT2D eigenvalue weighted by molar-refractivity contribution is 0.625. The zero-order valence-electron chi connectivity index (χ0n) is 9.95. The molecular formula is C12H16FNOS. The van der Waals surface area contributed by atoms with Crippen LogP contribution in [0, 0.1) is 12.7 Å². The molecule has 4 heteroatoms. The smallest absolute Gasteiger partial charge is 0.144 e. The number of hydrogen-bond acceptors (Lipinski definition) is 1. The fraction of sp³-hybridized carbons (Fsp3) is 0.417. The van der Waals surface area contributed by atoms with Crippen LogP contribution in [0.15, 0.2) is 22.6 Å². The monoisotopic (exact) mass is 241 g/mol. The van der Waals surface area contributed by atoms with Gasteiger partial charge in [-0.3, -0.25) is 0 Å². The Morgan fingerprint density at radius 3 is 2.56 bits per heavy atom. The number of aryl methyl sites for hydroxylation is 1. The van der Waals surface area contributed by atoms with E-state index < -0.39 is 15.7 Å². The predicted molar refractivity (Wildman–Crippen MR) is 66.6 cm³/mol. The normalized spacial score (nSPS) is 14.3. The second-order valence-corrected chi connectivity index (χ2v) is 6.55. The minimum absolute atomic E-state index is 0.347. The lowest BCUT2D eigenvalue weighted by atomic mass is 10.1. The van der Waals surface area contributed by atoms with E-state index in [9.17, 15) is 8.60 Å². The van der Waals surface area contributed by atoms with Crippen molar-refractivity contribution >= 4 is 17.2 Å². The maximum atomic E-state index is 13.3. The first-order valence-corrected chi connectivity index (χ1v) is 6.13. The molecule has 0 saturated heterocycles. The van der Waals surface area contributed by atoms with Crippen LogP contribution >= 0.6 is 0 Å². The second-order valence-electron chi connectivity index (χ2n) is 4.62. The summed E-state index contributed by atoms with van der Waals surface area (Å²) in [4.78, 5) is 0. The van der Waals surface area contributed by atoms with Crippen LogP contribution in [0.3, 0.4) is 0 Å². The van der Waals surface area contributed by atoms with Gasteiger partial charge in [-0.2, -0.15) is 4.40 Å².